The maximum atomic E-state index is 12.3. The molecule has 372 valence electrons. The van der Waals surface area contributed by atoms with Crippen molar-refractivity contribution < 1.29 is 28.7 Å². The van der Waals surface area contributed by atoms with Gasteiger partial charge < -0.3 is 46.4 Å². The van der Waals surface area contributed by atoms with E-state index in [-0.39, 0.29) is 37.7 Å². The quantitative estimate of drug-likeness (QED) is 0.0540. The Bertz CT molecular complexity index is 3130. The van der Waals surface area contributed by atoms with Crippen molar-refractivity contribution in [1.29, 1.82) is 0 Å². The SMILES string of the molecule is CC(C)(C)OC(=O)NCCC(=O)Nc1cccc(Nc2ncc(Cl)c(-c3c[nH]c4ccccc34)n2)c1.CC(C)(C)OC(=O)NCCC(=O)Nc1cccc(Nc2ncc(Cl)c(C3=CCc4ccccc43)n2)c1. The Morgan fingerprint density at radius 2 is 1.11 bits per heavy atom. The van der Waals surface area contributed by atoms with E-state index in [1.165, 1.54) is 5.56 Å². The van der Waals surface area contributed by atoms with Crippen molar-refractivity contribution in [2.45, 2.75) is 72.0 Å². The van der Waals surface area contributed by atoms with Gasteiger partial charge >= 0.3 is 12.2 Å². The van der Waals surface area contributed by atoms with Crippen LogP contribution >= 0.6 is 23.2 Å². The molecule has 17 nitrogen and oxygen atoms in total. The van der Waals surface area contributed by atoms with E-state index in [1.54, 1.807) is 84.3 Å². The van der Waals surface area contributed by atoms with Crippen molar-refractivity contribution in [2.24, 2.45) is 0 Å². The fraction of sp³-hybridized carbons (Fsp3) is 0.245. The number of anilines is 6. The normalized spacial score (nSPS) is 11.8. The summed E-state index contributed by atoms with van der Waals surface area (Å²) < 4.78 is 10.3. The van der Waals surface area contributed by atoms with Crippen molar-refractivity contribution in [3.8, 4) is 11.3 Å². The van der Waals surface area contributed by atoms with Crippen molar-refractivity contribution >= 4 is 98.3 Å². The van der Waals surface area contributed by atoms with Crippen LogP contribution in [0.5, 0.6) is 0 Å². The standard InChI is InChI=1S/C27H28ClN5O3.C26H27ClN6O3/c1-27(2,3)36-26(35)29-14-13-23(34)31-18-8-6-9-19(15-18)32-25-30-16-22(28)24(33-25)21-12-11-17-7-4-5-10-20(17)21;1-26(2,3)36-25(35)28-12-11-22(34)31-16-7-6-8-17(13-16)32-24-30-15-20(27)23(33-24)19-14-29-21-10-5-4-9-18(19)21/h4-10,12,15-16H,11,13-14H2,1-3H3,(H,29,35)(H,31,34)(H,30,32,33);4-10,13-15,29H,11-12H2,1-3H3,(H,28,35)(H,31,34)(H,30,32,33). The summed E-state index contributed by atoms with van der Waals surface area (Å²) in [6.07, 6.45) is 7.06. The number of aromatic nitrogens is 5. The first kappa shape index (κ1) is 51.8. The van der Waals surface area contributed by atoms with Gasteiger partial charge in [-0.3, -0.25) is 9.59 Å². The van der Waals surface area contributed by atoms with E-state index >= 15 is 0 Å². The zero-order valence-corrected chi connectivity index (χ0v) is 42.1. The summed E-state index contributed by atoms with van der Waals surface area (Å²) in [5.41, 5.74) is 7.88. The highest BCUT2D eigenvalue weighted by Gasteiger charge is 2.21. The van der Waals surface area contributed by atoms with Gasteiger partial charge in [0.15, 0.2) is 0 Å². The van der Waals surface area contributed by atoms with Gasteiger partial charge in [-0.05, 0) is 102 Å². The molecule has 3 aromatic heterocycles. The van der Waals surface area contributed by atoms with Gasteiger partial charge in [0.2, 0.25) is 23.7 Å². The zero-order valence-electron chi connectivity index (χ0n) is 40.6. The van der Waals surface area contributed by atoms with Crippen molar-refractivity contribution in [3.05, 3.63) is 149 Å². The van der Waals surface area contributed by atoms with Crippen LogP contribution in [0.4, 0.5) is 44.2 Å². The number of rotatable bonds is 14. The second-order valence-electron chi connectivity index (χ2n) is 18.4. The first-order valence-corrected chi connectivity index (χ1v) is 23.8. The minimum atomic E-state index is -0.593. The van der Waals surface area contributed by atoms with Crippen LogP contribution in [0.25, 0.3) is 27.7 Å². The molecule has 7 N–H and O–H groups in total. The van der Waals surface area contributed by atoms with E-state index in [0.29, 0.717) is 56.1 Å². The summed E-state index contributed by atoms with van der Waals surface area (Å²) in [6, 6.07) is 30.5. The molecular weight excluding hydrogens is 958 g/mol. The first-order valence-electron chi connectivity index (χ1n) is 23.0. The Balaban J connectivity index is 0.000000211. The Labute approximate surface area is 427 Å². The number of H-pyrrole nitrogens is 1. The largest absolute Gasteiger partial charge is 0.444 e. The molecule has 7 aromatic rings. The first-order chi connectivity index (χ1) is 34.4. The number of amides is 4. The molecule has 0 saturated carbocycles. The Morgan fingerprint density at radius 1 is 0.611 bits per heavy atom. The zero-order chi connectivity index (χ0) is 51.4. The van der Waals surface area contributed by atoms with E-state index < -0.39 is 23.4 Å². The molecule has 3 heterocycles. The third-order valence-corrected chi connectivity index (χ3v) is 10.8. The molecule has 4 amide bonds. The summed E-state index contributed by atoms with van der Waals surface area (Å²) in [4.78, 5) is 69.1. The van der Waals surface area contributed by atoms with E-state index in [0.717, 1.165) is 34.0 Å². The van der Waals surface area contributed by atoms with Gasteiger partial charge in [-0.2, -0.15) is 0 Å². The number of fused-ring (bicyclic) bond motifs is 2. The van der Waals surface area contributed by atoms with E-state index in [1.807, 2.05) is 60.8 Å². The van der Waals surface area contributed by atoms with Gasteiger partial charge in [0.25, 0.3) is 0 Å². The molecule has 72 heavy (non-hydrogen) atoms. The van der Waals surface area contributed by atoms with Crippen LogP contribution in [-0.2, 0) is 25.5 Å². The number of alkyl carbamates (subject to hydrolysis) is 2. The lowest BCUT2D eigenvalue weighted by atomic mass is 10.0. The summed E-state index contributed by atoms with van der Waals surface area (Å²) >= 11 is 12.9. The highest BCUT2D eigenvalue weighted by atomic mass is 35.5. The van der Waals surface area contributed by atoms with Crippen LogP contribution in [0, 0.1) is 0 Å². The number of carbonyl (C=O) groups is 4. The molecule has 0 saturated heterocycles. The molecule has 0 unspecified atom stereocenters. The topological polar surface area (TPSA) is 226 Å². The lowest BCUT2D eigenvalue weighted by molar-refractivity contribution is -0.116. The van der Waals surface area contributed by atoms with Crippen molar-refractivity contribution in [2.75, 3.05) is 34.4 Å². The fourth-order valence-electron chi connectivity index (χ4n) is 7.25. The minimum Gasteiger partial charge on any atom is -0.444 e. The number of allylic oxidation sites excluding steroid dienone is 1. The second kappa shape index (κ2) is 23.3. The predicted molar refractivity (Wildman–Crippen MR) is 283 cm³/mol. The highest BCUT2D eigenvalue weighted by molar-refractivity contribution is 6.33. The van der Waals surface area contributed by atoms with Crippen LogP contribution in [0.15, 0.2) is 122 Å². The van der Waals surface area contributed by atoms with Crippen LogP contribution in [0.1, 0.15) is 71.2 Å². The number of hydrogen-bond acceptors (Lipinski definition) is 12. The average molecular weight is 1010 g/mol. The number of para-hydroxylation sites is 1. The fourth-order valence-corrected chi connectivity index (χ4v) is 7.63. The molecule has 8 rings (SSSR count). The molecule has 0 atom stereocenters. The molecule has 19 heteroatoms. The minimum absolute atomic E-state index is 0.102. The summed E-state index contributed by atoms with van der Waals surface area (Å²) in [7, 11) is 0. The predicted octanol–water partition coefficient (Wildman–Crippen LogP) is 11.6. The summed E-state index contributed by atoms with van der Waals surface area (Å²) in [5.74, 6) is 0.280. The number of nitrogens with one attached hydrogen (secondary N) is 7. The Kier molecular flexibility index (Phi) is 16.7. The van der Waals surface area contributed by atoms with Crippen LogP contribution in [0.2, 0.25) is 10.0 Å². The van der Waals surface area contributed by atoms with E-state index in [4.69, 9.17) is 32.7 Å². The molecule has 0 spiro atoms. The number of halogens is 2. The van der Waals surface area contributed by atoms with E-state index in [2.05, 4.69) is 75.0 Å². The smallest absolute Gasteiger partial charge is 0.407 e. The van der Waals surface area contributed by atoms with Gasteiger partial charge in [-0.15, -0.1) is 0 Å². The molecule has 0 radical (unpaired) electrons. The van der Waals surface area contributed by atoms with E-state index in [9.17, 15) is 19.2 Å². The molecule has 4 aromatic carbocycles. The third kappa shape index (κ3) is 15.0. The summed E-state index contributed by atoms with van der Waals surface area (Å²) in [6.45, 7) is 11.0. The molecule has 0 fully saturated rings. The molecule has 1 aliphatic rings. The van der Waals surface area contributed by atoms with Crippen molar-refractivity contribution in [1.82, 2.24) is 35.6 Å². The van der Waals surface area contributed by atoms with Gasteiger partial charge in [-0.25, -0.2) is 29.5 Å². The number of aromatic amines is 1. The molecule has 1 aliphatic carbocycles. The Hall–Kier alpha value is -8.02. The number of hydrogen-bond donors (Lipinski definition) is 7. The lowest BCUT2D eigenvalue weighted by Crippen LogP contribution is -2.34. The van der Waals surface area contributed by atoms with Gasteiger partial charge in [0, 0.05) is 76.9 Å². The number of carbonyl (C=O) groups excluding carboxylic acids is 4. The van der Waals surface area contributed by atoms with Crippen LogP contribution in [-0.4, -0.2) is 73.2 Å². The monoisotopic (exact) mass is 1010 g/mol. The average Bonchev–Trinajstić information content (AvgIpc) is 3.95. The number of benzene rings is 4. The highest BCUT2D eigenvalue weighted by Crippen LogP contribution is 2.36. The number of ether oxygens (including phenoxy) is 2. The lowest BCUT2D eigenvalue weighted by Gasteiger charge is -2.19. The Morgan fingerprint density at radius 3 is 1.68 bits per heavy atom. The van der Waals surface area contributed by atoms with Crippen molar-refractivity contribution in [3.63, 3.8) is 0 Å². The molecule has 0 aliphatic heterocycles. The third-order valence-electron chi connectivity index (χ3n) is 10.3. The van der Waals surface area contributed by atoms with Gasteiger partial charge in [0.1, 0.15) is 11.2 Å². The number of nitrogens with zero attached hydrogens (tertiary/aromatic N) is 4. The molecule has 0 bridgehead atoms. The molecular formula is C53H55Cl2N11O6. The summed E-state index contributed by atoms with van der Waals surface area (Å²) in [5, 5.41) is 19.0. The maximum Gasteiger partial charge on any atom is 0.407 e. The van der Waals surface area contributed by atoms with Crippen LogP contribution < -0.4 is 31.9 Å². The van der Waals surface area contributed by atoms with Crippen LogP contribution in [0.3, 0.4) is 0 Å². The maximum absolute atomic E-state index is 12.3. The van der Waals surface area contributed by atoms with Gasteiger partial charge in [0.05, 0.1) is 33.8 Å². The second-order valence-corrected chi connectivity index (χ2v) is 19.2. The van der Waals surface area contributed by atoms with Gasteiger partial charge in [-0.1, -0.05) is 83.9 Å².